The third kappa shape index (κ3) is 4.37. The minimum Gasteiger partial charge on any atom is -0.493 e. The summed E-state index contributed by atoms with van der Waals surface area (Å²) in [5.41, 5.74) is 0.475. The van der Waals surface area contributed by atoms with Crippen LogP contribution < -0.4 is 9.47 Å². The predicted octanol–water partition coefficient (Wildman–Crippen LogP) is 2.74. The third-order valence-corrected chi connectivity index (χ3v) is 3.89. The summed E-state index contributed by atoms with van der Waals surface area (Å²) in [6.07, 6.45) is 3.64. The maximum absolute atomic E-state index is 12.2. The molecule has 22 heavy (non-hydrogen) atoms. The Morgan fingerprint density at radius 3 is 2.45 bits per heavy atom. The zero-order chi connectivity index (χ0) is 15.9. The number of carbonyl (C=O) groups is 1. The van der Waals surface area contributed by atoms with Crippen LogP contribution in [-0.2, 0) is 4.74 Å². The van der Waals surface area contributed by atoms with Gasteiger partial charge in [-0.05, 0) is 51.1 Å². The van der Waals surface area contributed by atoms with Gasteiger partial charge in [-0.25, -0.2) is 4.79 Å². The Kier molecular flexibility index (Phi) is 6.07. The molecule has 5 heteroatoms. The number of ether oxygens (including phenoxy) is 3. The van der Waals surface area contributed by atoms with Crippen molar-refractivity contribution in [2.75, 3.05) is 33.9 Å². The Morgan fingerprint density at radius 1 is 1.14 bits per heavy atom. The lowest BCUT2D eigenvalue weighted by Crippen LogP contribution is -2.37. The second kappa shape index (κ2) is 8.03. The average Bonchev–Trinajstić information content (AvgIpc) is 2.54. The summed E-state index contributed by atoms with van der Waals surface area (Å²) < 4.78 is 15.9. The summed E-state index contributed by atoms with van der Waals surface area (Å²) >= 11 is 0. The lowest BCUT2D eigenvalue weighted by Gasteiger charge is -2.28. The fourth-order valence-electron chi connectivity index (χ4n) is 2.76. The van der Waals surface area contributed by atoms with E-state index < -0.39 is 0 Å². The van der Waals surface area contributed by atoms with Crippen LogP contribution in [0.1, 0.15) is 36.5 Å². The lowest BCUT2D eigenvalue weighted by atomic mass is 10.1. The number of likely N-dealkylation sites (tertiary alicyclic amines) is 1. The Hall–Kier alpha value is -1.75. The normalized spacial score (nSPS) is 16.9. The summed E-state index contributed by atoms with van der Waals surface area (Å²) in [6.45, 7) is 4.92. The van der Waals surface area contributed by atoms with Crippen LogP contribution >= 0.6 is 0 Å². The fraction of sp³-hybridized carbons (Fsp3) is 0.588. The van der Waals surface area contributed by atoms with E-state index in [4.69, 9.17) is 14.2 Å². The number of methoxy groups -OCH3 is 2. The predicted molar refractivity (Wildman–Crippen MR) is 84.7 cm³/mol. The molecule has 0 saturated carbocycles. The molecule has 1 aliphatic heterocycles. The molecule has 0 spiro atoms. The van der Waals surface area contributed by atoms with Crippen molar-refractivity contribution in [2.45, 2.75) is 32.3 Å². The number of esters is 1. The molecular weight excluding hydrogens is 282 g/mol. The maximum atomic E-state index is 12.2. The molecular formula is C17H25NO4. The highest BCUT2D eigenvalue weighted by Crippen LogP contribution is 2.27. The van der Waals surface area contributed by atoms with E-state index in [-0.39, 0.29) is 12.1 Å². The lowest BCUT2D eigenvalue weighted by molar-refractivity contribution is 0.0235. The van der Waals surface area contributed by atoms with E-state index in [9.17, 15) is 4.79 Å². The Balaban J connectivity index is 1.93. The van der Waals surface area contributed by atoms with Crippen molar-refractivity contribution in [1.82, 2.24) is 4.90 Å². The Morgan fingerprint density at radius 2 is 1.82 bits per heavy atom. The first-order valence-electron chi connectivity index (χ1n) is 7.79. The van der Waals surface area contributed by atoms with Crippen LogP contribution in [0.5, 0.6) is 11.5 Å². The summed E-state index contributed by atoms with van der Waals surface area (Å²) in [6, 6.07) is 5.05. The van der Waals surface area contributed by atoms with E-state index >= 15 is 0 Å². The van der Waals surface area contributed by atoms with Gasteiger partial charge in [0.1, 0.15) is 6.10 Å². The molecule has 1 saturated heterocycles. The smallest absolute Gasteiger partial charge is 0.338 e. The van der Waals surface area contributed by atoms with Crippen LogP contribution in [0.3, 0.4) is 0 Å². The molecule has 0 radical (unpaired) electrons. The van der Waals surface area contributed by atoms with Gasteiger partial charge >= 0.3 is 5.97 Å². The molecule has 0 unspecified atom stereocenters. The molecule has 0 N–H and O–H groups in total. The van der Waals surface area contributed by atoms with Gasteiger partial charge in [-0.1, -0.05) is 6.42 Å². The van der Waals surface area contributed by atoms with Crippen molar-refractivity contribution in [3.8, 4) is 11.5 Å². The molecule has 0 amide bonds. The van der Waals surface area contributed by atoms with Crippen LogP contribution in [0.2, 0.25) is 0 Å². The van der Waals surface area contributed by atoms with Gasteiger partial charge in [-0.2, -0.15) is 0 Å². The van der Waals surface area contributed by atoms with Gasteiger partial charge < -0.3 is 14.2 Å². The Bertz CT molecular complexity index is 497. The van der Waals surface area contributed by atoms with Gasteiger partial charge in [0.2, 0.25) is 0 Å². The van der Waals surface area contributed by atoms with E-state index in [1.165, 1.54) is 19.3 Å². The molecule has 5 nitrogen and oxygen atoms in total. The first-order valence-corrected chi connectivity index (χ1v) is 7.79. The van der Waals surface area contributed by atoms with E-state index in [0.29, 0.717) is 17.1 Å². The highest BCUT2D eigenvalue weighted by molar-refractivity contribution is 5.90. The standard InChI is InChI=1S/C17H25NO4/c1-13(12-18-9-5-4-6-10-18)22-17(19)14-7-8-15(20-2)16(11-14)21-3/h7-8,11,13H,4-6,9-10,12H2,1-3H3/t13-/m1/s1. The van der Waals surface area contributed by atoms with Crippen LogP contribution in [0.25, 0.3) is 0 Å². The minimum atomic E-state index is -0.328. The number of nitrogens with zero attached hydrogens (tertiary/aromatic N) is 1. The van der Waals surface area contributed by atoms with Crippen molar-refractivity contribution in [1.29, 1.82) is 0 Å². The third-order valence-electron chi connectivity index (χ3n) is 3.89. The van der Waals surface area contributed by atoms with Gasteiger partial charge in [0.05, 0.1) is 19.8 Å². The molecule has 122 valence electrons. The number of carbonyl (C=O) groups excluding carboxylic acids is 1. The molecule has 1 aromatic carbocycles. The van der Waals surface area contributed by atoms with Crippen molar-refractivity contribution in [3.63, 3.8) is 0 Å². The minimum absolute atomic E-state index is 0.126. The highest BCUT2D eigenvalue weighted by atomic mass is 16.5. The topological polar surface area (TPSA) is 48.0 Å². The maximum Gasteiger partial charge on any atom is 0.338 e. The summed E-state index contributed by atoms with van der Waals surface area (Å²) in [5, 5.41) is 0. The second-order valence-corrected chi connectivity index (χ2v) is 5.65. The van der Waals surface area contributed by atoms with Gasteiger partial charge in [0.25, 0.3) is 0 Å². The Labute approximate surface area is 132 Å². The van der Waals surface area contributed by atoms with Crippen LogP contribution in [-0.4, -0.2) is 50.8 Å². The zero-order valence-electron chi connectivity index (χ0n) is 13.6. The van der Waals surface area contributed by atoms with Crippen molar-refractivity contribution < 1.29 is 19.0 Å². The quantitative estimate of drug-likeness (QED) is 0.756. The monoisotopic (exact) mass is 307 g/mol. The molecule has 1 aliphatic rings. The zero-order valence-corrected chi connectivity index (χ0v) is 13.6. The highest BCUT2D eigenvalue weighted by Gasteiger charge is 2.18. The molecule has 1 aromatic rings. The largest absolute Gasteiger partial charge is 0.493 e. The van der Waals surface area contributed by atoms with E-state index in [2.05, 4.69) is 4.90 Å². The SMILES string of the molecule is COc1ccc(C(=O)O[C@H](C)CN2CCCCC2)cc1OC. The molecule has 0 bridgehead atoms. The first-order chi connectivity index (χ1) is 10.6. The van der Waals surface area contributed by atoms with Gasteiger partial charge in [0, 0.05) is 6.54 Å². The second-order valence-electron chi connectivity index (χ2n) is 5.65. The average molecular weight is 307 g/mol. The summed E-state index contributed by atoms with van der Waals surface area (Å²) in [7, 11) is 3.11. The van der Waals surface area contributed by atoms with Crippen LogP contribution in [0.15, 0.2) is 18.2 Å². The van der Waals surface area contributed by atoms with Crippen LogP contribution in [0, 0.1) is 0 Å². The van der Waals surface area contributed by atoms with Gasteiger partial charge in [-0.15, -0.1) is 0 Å². The molecule has 1 atom stereocenters. The van der Waals surface area contributed by atoms with E-state index in [0.717, 1.165) is 19.6 Å². The van der Waals surface area contributed by atoms with E-state index in [1.54, 1.807) is 32.4 Å². The number of rotatable bonds is 6. The number of benzene rings is 1. The first kappa shape index (κ1) is 16.6. The number of hydrogen-bond donors (Lipinski definition) is 0. The number of piperidine rings is 1. The van der Waals surface area contributed by atoms with Crippen LogP contribution in [0.4, 0.5) is 0 Å². The van der Waals surface area contributed by atoms with Crippen molar-refractivity contribution in [3.05, 3.63) is 23.8 Å². The number of hydrogen-bond acceptors (Lipinski definition) is 5. The van der Waals surface area contributed by atoms with E-state index in [1.807, 2.05) is 6.92 Å². The van der Waals surface area contributed by atoms with Crippen molar-refractivity contribution >= 4 is 5.97 Å². The fourth-order valence-corrected chi connectivity index (χ4v) is 2.76. The summed E-state index contributed by atoms with van der Waals surface area (Å²) in [4.78, 5) is 14.6. The molecule has 1 heterocycles. The molecule has 0 aliphatic carbocycles. The van der Waals surface area contributed by atoms with Crippen molar-refractivity contribution in [2.24, 2.45) is 0 Å². The summed E-state index contributed by atoms with van der Waals surface area (Å²) in [5.74, 6) is 0.798. The molecule has 1 fully saturated rings. The van der Waals surface area contributed by atoms with Gasteiger partial charge in [0.15, 0.2) is 11.5 Å². The van der Waals surface area contributed by atoms with Gasteiger partial charge in [-0.3, -0.25) is 4.90 Å². The molecule has 2 rings (SSSR count). The molecule has 0 aromatic heterocycles.